The van der Waals surface area contributed by atoms with Crippen LogP contribution in [0.3, 0.4) is 0 Å². The van der Waals surface area contributed by atoms with Gasteiger partial charge in [-0.3, -0.25) is 9.59 Å². The first-order valence-electron chi connectivity index (χ1n) is 11.1. The highest BCUT2D eigenvalue weighted by Crippen LogP contribution is 2.38. The molecule has 6 heteroatoms. The van der Waals surface area contributed by atoms with Gasteiger partial charge >= 0.3 is 0 Å². The van der Waals surface area contributed by atoms with Gasteiger partial charge in [0.1, 0.15) is 17.5 Å². The van der Waals surface area contributed by atoms with E-state index in [1.807, 2.05) is 39.8 Å². The highest BCUT2D eigenvalue weighted by Gasteiger charge is 2.43. The van der Waals surface area contributed by atoms with Crippen LogP contribution in [-0.4, -0.2) is 27.1 Å². The van der Waals surface area contributed by atoms with Crippen molar-refractivity contribution < 1.29 is 14.4 Å². The zero-order chi connectivity index (χ0) is 23.7. The number of aryl methyl sites for hydroxylation is 2. The van der Waals surface area contributed by atoms with Gasteiger partial charge in [-0.2, -0.15) is 5.10 Å². The average molecular weight is 447 g/mol. The predicted molar refractivity (Wildman–Crippen MR) is 126 cm³/mol. The van der Waals surface area contributed by atoms with Crippen molar-refractivity contribution in [2.45, 2.75) is 80.1 Å². The van der Waals surface area contributed by atoms with E-state index in [1.165, 1.54) is 13.3 Å². The van der Waals surface area contributed by atoms with E-state index in [4.69, 9.17) is 11.6 Å². The minimum Gasteiger partial charge on any atom is -0.300 e. The monoisotopic (exact) mass is 446 g/mol. The lowest BCUT2D eigenvalue weighted by Gasteiger charge is -2.18. The number of nitrogens with zero attached hydrogens (tertiary/aromatic N) is 2. The number of carbonyl (C=O) groups excluding carboxylic acids is 3. The van der Waals surface area contributed by atoms with E-state index in [-0.39, 0.29) is 30.2 Å². The topological polar surface area (TPSA) is 69.0 Å². The van der Waals surface area contributed by atoms with Gasteiger partial charge in [-0.1, -0.05) is 52.6 Å². The molecule has 170 valence electrons. The second-order valence-electron chi connectivity index (χ2n) is 7.61. The minimum absolute atomic E-state index is 0.0601. The Kier molecular flexibility index (Phi) is 10.8. The maximum absolute atomic E-state index is 12.8. The first-order valence-corrected chi connectivity index (χ1v) is 11.5. The molecule has 0 spiro atoms. The van der Waals surface area contributed by atoms with Gasteiger partial charge < -0.3 is 4.79 Å². The molecule has 1 saturated carbocycles. The van der Waals surface area contributed by atoms with Crippen LogP contribution in [0.15, 0.2) is 24.5 Å². The molecular weight excluding hydrogens is 412 g/mol. The van der Waals surface area contributed by atoms with Gasteiger partial charge in [0.25, 0.3) is 0 Å². The lowest BCUT2D eigenvalue weighted by molar-refractivity contribution is -0.127. The first kappa shape index (κ1) is 26.8. The Morgan fingerprint density at radius 3 is 2.29 bits per heavy atom. The Labute approximate surface area is 191 Å². The number of Topliss-reactive ketones (excluding diaryl/α,β-unsaturated/α-hetero) is 3. The molecule has 2 atom stereocenters. The van der Waals surface area contributed by atoms with Crippen molar-refractivity contribution in [3.8, 4) is 5.69 Å². The molecule has 1 heterocycles. The number of benzene rings is 1. The van der Waals surface area contributed by atoms with Crippen molar-refractivity contribution in [1.29, 1.82) is 0 Å². The highest BCUT2D eigenvalue weighted by molar-refractivity contribution is 6.30. The number of carbonyl (C=O) groups is 3. The summed E-state index contributed by atoms with van der Waals surface area (Å²) in [5.41, 5.74) is 3.45. The smallest absolute Gasteiger partial charge is 0.151 e. The van der Waals surface area contributed by atoms with Gasteiger partial charge in [0, 0.05) is 25.0 Å². The van der Waals surface area contributed by atoms with E-state index >= 15 is 0 Å². The van der Waals surface area contributed by atoms with Crippen LogP contribution >= 0.6 is 11.6 Å². The Balaban J connectivity index is 0.000000884. The summed E-state index contributed by atoms with van der Waals surface area (Å²) in [6, 6.07) is 3.86. The van der Waals surface area contributed by atoms with Crippen LogP contribution in [0.2, 0.25) is 5.02 Å². The third kappa shape index (κ3) is 6.60. The minimum atomic E-state index is -0.760. The molecule has 0 aliphatic heterocycles. The number of halogens is 1. The summed E-state index contributed by atoms with van der Waals surface area (Å²) in [6.07, 6.45) is 5.51. The van der Waals surface area contributed by atoms with Crippen molar-refractivity contribution in [2.24, 2.45) is 5.92 Å². The molecule has 0 amide bonds. The second kappa shape index (κ2) is 12.6. The average Bonchev–Trinajstić information content (AvgIpc) is 3.27. The fourth-order valence-electron chi connectivity index (χ4n) is 3.81. The molecule has 0 saturated heterocycles. The molecule has 0 bridgehead atoms. The van der Waals surface area contributed by atoms with E-state index in [1.54, 1.807) is 17.1 Å². The van der Waals surface area contributed by atoms with Gasteiger partial charge in [-0.15, -0.1) is 0 Å². The molecule has 2 unspecified atom stereocenters. The van der Waals surface area contributed by atoms with E-state index in [0.29, 0.717) is 11.4 Å². The molecule has 3 rings (SSSR count). The standard InChI is InChI=1S/C20H21ClN2O3.C3H8.C2H6/c1-4-13-7-16(23-10-15(21)9-22-23)5-11(2)18(13)19-17(25)8-14(20(19)26)6-12(3)24;1-3-2;1-2/h5,7,9-10,14,19H,4,6,8H2,1-3H3;3H2,1-2H3;1-2H3. The molecule has 5 nitrogen and oxygen atoms in total. The van der Waals surface area contributed by atoms with Gasteiger partial charge in [0.15, 0.2) is 5.78 Å². The first-order chi connectivity index (χ1) is 14.7. The van der Waals surface area contributed by atoms with Crippen LogP contribution in [0.5, 0.6) is 0 Å². The van der Waals surface area contributed by atoms with Crippen LogP contribution in [0.4, 0.5) is 0 Å². The van der Waals surface area contributed by atoms with Crippen molar-refractivity contribution in [1.82, 2.24) is 9.78 Å². The Morgan fingerprint density at radius 1 is 1.19 bits per heavy atom. The number of hydrogen-bond acceptors (Lipinski definition) is 4. The molecule has 2 aromatic rings. The molecule has 0 radical (unpaired) electrons. The molecule has 1 aromatic carbocycles. The van der Waals surface area contributed by atoms with Crippen LogP contribution < -0.4 is 0 Å². The largest absolute Gasteiger partial charge is 0.300 e. The molecule has 1 fully saturated rings. The molecule has 31 heavy (non-hydrogen) atoms. The molecule has 1 aliphatic rings. The van der Waals surface area contributed by atoms with Crippen LogP contribution in [-0.2, 0) is 20.8 Å². The maximum Gasteiger partial charge on any atom is 0.151 e. The summed E-state index contributed by atoms with van der Waals surface area (Å²) in [5.74, 6) is -1.52. The van der Waals surface area contributed by atoms with Gasteiger partial charge in [0.05, 0.1) is 16.9 Å². The van der Waals surface area contributed by atoms with Gasteiger partial charge in [-0.05, 0) is 49.1 Å². The highest BCUT2D eigenvalue weighted by atomic mass is 35.5. The summed E-state index contributed by atoms with van der Waals surface area (Å²) in [4.78, 5) is 36.8. The van der Waals surface area contributed by atoms with E-state index < -0.39 is 11.8 Å². The summed E-state index contributed by atoms with van der Waals surface area (Å²) in [6.45, 7) is 13.6. The number of rotatable bonds is 5. The molecular formula is C25H35ClN2O3. The molecule has 1 aliphatic carbocycles. The van der Waals surface area contributed by atoms with Crippen LogP contribution in [0.1, 0.15) is 83.4 Å². The van der Waals surface area contributed by atoms with E-state index in [0.717, 1.165) is 22.4 Å². The summed E-state index contributed by atoms with van der Waals surface area (Å²) in [7, 11) is 0. The quantitative estimate of drug-likeness (QED) is 0.523. The van der Waals surface area contributed by atoms with Crippen molar-refractivity contribution in [3.05, 3.63) is 46.2 Å². The van der Waals surface area contributed by atoms with Crippen molar-refractivity contribution >= 4 is 29.0 Å². The zero-order valence-electron chi connectivity index (χ0n) is 19.8. The van der Waals surface area contributed by atoms with E-state index in [9.17, 15) is 14.4 Å². The van der Waals surface area contributed by atoms with Crippen LogP contribution in [0.25, 0.3) is 5.69 Å². The maximum atomic E-state index is 12.8. The summed E-state index contributed by atoms with van der Waals surface area (Å²) >= 11 is 5.95. The third-order valence-electron chi connectivity index (χ3n) is 4.93. The second-order valence-corrected chi connectivity index (χ2v) is 8.04. The lowest BCUT2D eigenvalue weighted by Crippen LogP contribution is -2.19. The SMILES string of the molecule is CC.CCC.CCc1cc(-n2cc(Cl)cn2)cc(C)c1C1C(=O)CC(CC(C)=O)C1=O. The third-order valence-corrected chi connectivity index (χ3v) is 5.13. The summed E-state index contributed by atoms with van der Waals surface area (Å²) < 4.78 is 1.68. The fourth-order valence-corrected chi connectivity index (χ4v) is 3.95. The Bertz CT molecular complexity index is 917. The Hall–Kier alpha value is -2.27. The normalized spacial score (nSPS) is 17.5. The van der Waals surface area contributed by atoms with Crippen molar-refractivity contribution in [3.63, 3.8) is 0 Å². The summed E-state index contributed by atoms with van der Waals surface area (Å²) in [5, 5.41) is 4.76. The molecule has 1 aromatic heterocycles. The Morgan fingerprint density at radius 2 is 1.81 bits per heavy atom. The predicted octanol–water partition coefficient (Wildman–Crippen LogP) is 6.06. The van der Waals surface area contributed by atoms with Gasteiger partial charge in [0.2, 0.25) is 0 Å². The zero-order valence-corrected chi connectivity index (χ0v) is 20.5. The van der Waals surface area contributed by atoms with Crippen LogP contribution in [0, 0.1) is 12.8 Å². The fraction of sp³-hybridized carbons (Fsp3) is 0.520. The lowest BCUT2D eigenvalue weighted by atomic mass is 9.85. The number of aromatic nitrogens is 2. The van der Waals surface area contributed by atoms with Crippen molar-refractivity contribution in [2.75, 3.05) is 0 Å². The number of ketones is 3. The number of hydrogen-bond donors (Lipinski definition) is 0. The molecule has 0 N–H and O–H groups in total. The van der Waals surface area contributed by atoms with E-state index in [2.05, 4.69) is 18.9 Å². The van der Waals surface area contributed by atoms with Gasteiger partial charge in [-0.25, -0.2) is 4.68 Å².